The van der Waals surface area contributed by atoms with Gasteiger partial charge in [-0.1, -0.05) is 35.9 Å². The summed E-state index contributed by atoms with van der Waals surface area (Å²) in [5.41, 5.74) is 3.74. The Labute approximate surface area is 187 Å². The fourth-order valence-electron chi connectivity index (χ4n) is 3.01. The molecule has 0 bridgehead atoms. The van der Waals surface area contributed by atoms with E-state index in [2.05, 4.69) is 15.5 Å². The van der Waals surface area contributed by atoms with Crippen molar-refractivity contribution in [2.24, 2.45) is 5.10 Å². The Hall–Kier alpha value is -4.23. The Morgan fingerprint density at radius 3 is 2.56 bits per heavy atom. The number of phenols is 1. The van der Waals surface area contributed by atoms with Crippen molar-refractivity contribution < 1.29 is 19.4 Å². The molecule has 1 aromatic heterocycles. The molecular weight excluding hydrogens is 430 g/mol. The van der Waals surface area contributed by atoms with Crippen LogP contribution in [0.3, 0.4) is 0 Å². The maximum Gasteiger partial charge on any atom is 0.345 e. The molecule has 7 nitrogen and oxygen atoms in total. The molecule has 0 fully saturated rings. The summed E-state index contributed by atoms with van der Waals surface area (Å²) in [5.74, 6) is -0.698. The molecule has 32 heavy (non-hydrogen) atoms. The standard InChI is InChI=1S/C24H16ClN3O4/c25-20-12-15(7-9-21(20)29)23(30)28-27-14-16-8-10-22(19-6-2-1-5-18(16)19)32-24(31)17-4-3-11-26-13-17/h1-14,29H,(H,28,30). The maximum atomic E-state index is 12.4. The first-order valence-electron chi connectivity index (χ1n) is 9.49. The van der Waals surface area contributed by atoms with E-state index in [1.165, 1.54) is 30.6 Å². The van der Waals surface area contributed by atoms with Gasteiger partial charge in [0, 0.05) is 28.9 Å². The monoisotopic (exact) mass is 445 g/mol. The van der Waals surface area contributed by atoms with Crippen LogP contribution in [0, 0.1) is 0 Å². The van der Waals surface area contributed by atoms with Gasteiger partial charge in [-0.05, 0) is 47.9 Å². The number of aromatic hydroxyl groups is 1. The Kier molecular flexibility index (Phi) is 6.10. The van der Waals surface area contributed by atoms with Gasteiger partial charge in [-0.25, -0.2) is 10.2 Å². The molecule has 1 amide bonds. The number of pyridine rings is 1. The van der Waals surface area contributed by atoms with Crippen molar-refractivity contribution in [2.45, 2.75) is 0 Å². The Balaban J connectivity index is 1.55. The predicted octanol–water partition coefficient (Wildman–Crippen LogP) is 4.58. The van der Waals surface area contributed by atoms with Gasteiger partial charge in [0.15, 0.2) is 0 Å². The largest absolute Gasteiger partial charge is 0.506 e. The molecule has 8 heteroatoms. The van der Waals surface area contributed by atoms with Crippen molar-refractivity contribution in [3.05, 3.63) is 101 Å². The summed E-state index contributed by atoms with van der Waals surface area (Å²) in [6, 6.07) is 18.2. The number of aromatic nitrogens is 1. The summed E-state index contributed by atoms with van der Waals surface area (Å²) in [5, 5.41) is 15.1. The summed E-state index contributed by atoms with van der Waals surface area (Å²) >= 11 is 5.84. The number of fused-ring (bicyclic) bond motifs is 1. The second kappa shape index (κ2) is 9.28. The SMILES string of the molecule is O=C(NN=Cc1ccc(OC(=O)c2cccnc2)c2ccccc12)c1ccc(O)c(Cl)c1. The van der Waals surface area contributed by atoms with Crippen LogP contribution in [0.1, 0.15) is 26.3 Å². The highest BCUT2D eigenvalue weighted by Gasteiger charge is 2.12. The smallest absolute Gasteiger partial charge is 0.345 e. The molecule has 0 aliphatic rings. The van der Waals surface area contributed by atoms with Crippen LogP contribution in [0.2, 0.25) is 5.02 Å². The van der Waals surface area contributed by atoms with Crippen molar-refractivity contribution >= 4 is 40.5 Å². The average molecular weight is 446 g/mol. The number of hydrogen-bond donors (Lipinski definition) is 2. The Bertz CT molecular complexity index is 1340. The lowest BCUT2D eigenvalue weighted by Gasteiger charge is -2.09. The van der Waals surface area contributed by atoms with Crippen LogP contribution in [-0.4, -0.2) is 28.2 Å². The van der Waals surface area contributed by atoms with Gasteiger partial charge in [-0.2, -0.15) is 5.10 Å². The summed E-state index contributed by atoms with van der Waals surface area (Å²) in [6.45, 7) is 0. The van der Waals surface area contributed by atoms with Gasteiger partial charge in [0.05, 0.1) is 16.8 Å². The fourth-order valence-corrected chi connectivity index (χ4v) is 3.19. The summed E-state index contributed by atoms with van der Waals surface area (Å²) in [6.07, 6.45) is 4.51. The third-order valence-corrected chi connectivity index (χ3v) is 4.90. The number of halogens is 1. The molecule has 2 N–H and O–H groups in total. The van der Waals surface area contributed by atoms with Gasteiger partial charge in [0.2, 0.25) is 0 Å². The number of phenolic OH excluding ortho intramolecular Hbond substituents is 1. The second-order valence-electron chi connectivity index (χ2n) is 6.70. The summed E-state index contributed by atoms with van der Waals surface area (Å²) in [4.78, 5) is 28.6. The number of nitrogens with zero attached hydrogens (tertiary/aromatic N) is 2. The van der Waals surface area contributed by atoms with E-state index in [4.69, 9.17) is 16.3 Å². The highest BCUT2D eigenvalue weighted by atomic mass is 35.5. The topological polar surface area (TPSA) is 101 Å². The van der Waals surface area contributed by atoms with E-state index in [9.17, 15) is 14.7 Å². The quantitative estimate of drug-likeness (QED) is 0.203. The minimum absolute atomic E-state index is 0.0732. The molecule has 0 saturated carbocycles. The van der Waals surface area contributed by atoms with Crippen molar-refractivity contribution in [1.82, 2.24) is 10.4 Å². The molecule has 4 aromatic rings. The van der Waals surface area contributed by atoms with E-state index in [1.807, 2.05) is 24.3 Å². The molecule has 158 valence electrons. The number of nitrogens with one attached hydrogen (secondary N) is 1. The van der Waals surface area contributed by atoms with Crippen LogP contribution in [-0.2, 0) is 0 Å². The lowest BCUT2D eigenvalue weighted by Crippen LogP contribution is -2.17. The van der Waals surface area contributed by atoms with E-state index in [-0.39, 0.29) is 16.3 Å². The molecule has 1 heterocycles. The molecular formula is C24H16ClN3O4. The van der Waals surface area contributed by atoms with E-state index >= 15 is 0 Å². The number of carbonyl (C=O) groups excluding carboxylic acids is 2. The van der Waals surface area contributed by atoms with Crippen LogP contribution in [0.4, 0.5) is 0 Å². The van der Waals surface area contributed by atoms with Gasteiger partial charge in [-0.3, -0.25) is 9.78 Å². The van der Waals surface area contributed by atoms with Crippen LogP contribution >= 0.6 is 11.6 Å². The lowest BCUT2D eigenvalue weighted by atomic mass is 10.0. The lowest BCUT2D eigenvalue weighted by molar-refractivity contribution is 0.0736. The van der Waals surface area contributed by atoms with Crippen molar-refractivity contribution in [2.75, 3.05) is 0 Å². The number of hydrazone groups is 1. The molecule has 0 unspecified atom stereocenters. The van der Waals surface area contributed by atoms with Gasteiger partial charge in [0.25, 0.3) is 5.91 Å². The Morgan fingerprint density at radius 2 is 1.81 bits per heavy atom. The van der Waals surface area contributed by atoms with Crippen LogP contribution in [0.25, 0.3) is 10.8 Å². The number of esters is 1. The van der Waals surface area contributed by atoms with Gasteiger partial charge in [0.1, 0.15) is 11.5 Å². The first kappa shape index (κ1) is 21.0. The van der Waals surface area contributed by atoms with E-state index < -0.39 is 11.9 Å². The number of ether oxygens (including phenoxy) is 1. The van der Waals surface area contributed by atoms with Crippen molar-refractivity contribution in [3.8, 4) is 11.5 Å². The number of rotatable bonds is 5. The third kappa shape index (κ3) is 4.58. The van der Waals surface area contributed by atoms with Gasteiger partial charge >= 0.3 is 5.97 Å². The van der Waals surface area contributed by atoms with E-state index in [0.29, 0.717) is 22.3 Å². The highest BCUT2D eigenvalue weighted by Crippen LogP contribution is 2.28. The second-order valence-corrected chi connectivity index (χ2v) is 7.10. The van der Waals surface area contributed by atoms with Gasteiger partial charge < -0.3 is 9.84 Å². The third-order valence-electron chi connectivity index (χ3n) is 4.60. The maximum absolute atomic E-state index is 12.4. The Morgan fingerprint density at radius 1 is 1.00 bits per heavy atom. The van der Waals surface area contributed by atoms with Crippen LogP contribution < -0.4 is 10.2 Å². The van der Waals surface area contributed by atoms with Crippen LogP contribution in [0.15, 0.2) is 84.2 Å². The molecule has 0 radical (unpaired) electrons. The van der Waals surface area contributed by atoms with Gasteiger partial charge in [-0.15, -0.1) is 0 Å². The minimum atomic E-state index is -0.510. The molecule has 0 aliphatic heterocycles. The van der Waals surface area contributed by atoms with Crippen LogP contribution in [0.5, 0.6) is 11.5 Å². The summed E-state index contributed by atoms with van der Waals surface area (Å²) in [7, 11) is 0. The molecule has 0 saturated heterocycles. The zero-order chi connectivity index (χ0) is 22.5. The van der Waals surface area contributed by atoms with Crippen molar-refractivity contribution in [1.29, 1.82) is 0 Å². The first-order valence-corrected chi connectivity index (χ1v) is 9.86. The highest BCUT2D eigenvalue weighted by molar-refractivity contribution is 6.32. The zero-order valence-electron chi connectivity index (χ0n) is 16.5. The normalized spacial score (nSPS) is 10.9. The molecule has 4 rings (SSSR count). The molecule has 3 aromatic carbocycles. The predicted molar refractivity (Wildman–Crippen MR) is 121 cm³/mol. The molecule has 0 spiro atoms. The summed E-state index contributed by atoms with van der Waals surface area (Å²) < 4.78 is 5.56. The molecule has 0 atom stereocenters. The average Bonchev–Trinajstić information content (AvgIpc) is 2.82. The van der Waals surface area contributed by atoms with Crippen molar-refractivity contribution in [3.63, 3.8) is 0 Å². The van der Waals surface area contributed by atoms with E-state index in [0.717, 1.165) is 5.39 Å². The fraction of sp³-hybridized carbons (Fsp3) is 0. The number of amides is 1. The molecule has 0 aliphatic carbocycles. The number of benzene rings is 3. The first-order chi connectivity index (χ1) is 15.5. The number of carbonyl (C=O) groups is 2. The zero-order valence-corrected chi connectivity index (χ0v) is 17.3. The number of hydrogen-bond acceptors (Lipinski definition) is 6. The minimum Gasteiger partial charge on any atom is -0.506 e. The van der Waals surface area contributed by atoms with E-state index in [1.54, 1.807) is 30.5 Å².